The molecular weight excluding hydrogens is 409 g/mol. The van der Waals surface area contributed by atoms with Crippen molar-refractivity contribution in [3.63, 3.8) is 0 Å². The fourth-order valence-corrected chi connectivity index (χ4v) is 3.43. The molecule has 3 amide bonds. The Morgan fingerprint density at radius 2 is 1.81 bits per heavy atom. The van der Waals surface area contributed by atoms with Gasteiger partial charge in [0.25, 0.3) is 0 Å². The molecule has 8 heteroatoms. The number of halogens is 1. The van der Waals surface area contributed by atoms with Crippen LogP contribution in [0.4, 0.5) is 9.18 Å². The molecule has 32 heavy (non-hydrogen) atoms. The lowest BCUT2D eigenvalue weighted by molar-refractivity contribution is -0.121. The lowest BCUT2D eigenvalue weighted by atomic mass is 10.1. The molecule has 0 saturated heterocycles. The van der Waals surface area contributed by atoms with Gasteiger partial charge in [0.15, 0.2) is 0 Å². The van der Waals surface area contributed by atoms with E-state index < -0.39 is 0 Å². The third-order valence-electron chi connectivity index (χ3n) is 5.20. The Kier molecular flexibility index (Phi) is 7.59. The van der Waals surface area contributed by atoms with Gasteiger partial charge < -0.3 is 15.5 Å². The van der Waals surface area contributed by atoms with Crippen molar-refractivity contribution in [2.75, 3.05) is 13.6 Å². The van der Waals surface area contributed by atoms with Crippen molar-refractivity contribution < 1.29 is 14.0 Å². The Labute approximate surface area is 187 Å². The summed E-state index contributed by atoms with van der Waals surface area (Å²) in [5, 5.41) is 10.1. The molecule has 2 aromatic carbocycles. The molecule has 3 rings (SSSR count). The van der Waals surface area contributed by atoms with Crippen LogP contribution in [0, 0.1) is 12.7 Å². The lowest BCUT2D eigenvalue weighted by Crippen LogP contribution is -2.39. The molecule has 2 N–H and O–H groups in total. The van der Waals surface area contributed by atoms with E-state index in [2.05, 4.69) is 15.7 Å². The summed E-state index contributed by atoms with van der Waals surface area (Å²) in [5.74, 6) is -0.477. The molecule has 7 nitrogen and oxygen atoms in total. The highest BCUT2D eigenvalue weighted by Crippen LogP contribution is 2.20. The Hall–Kier alpha value is -3.68. The maximum absolute atomic E-state index is 13.2. The van der Waals surface area contributed by atoms with E-state index >= 15 is 0 Å². The Balaban J connectivity index is 1.47. The van der Waals surface area contributed by atoms with Gasteiger partial charge in [0, 0.05) is 37.8 Å². The predicted octanol–water partition coefficient (Wildman–Crippen LogP) is 3.73. The maximum atomic E-state index is 13.2. The standard InChI is InChI=1S/C24H28FN5O2/c1-17(22-15-27-30(18(22)2)21-11-9-20(25)10-12-21)28-23(31)13-14-26-24(32)29(3)16-19-7-5-4-6-8-19/h4-12,15,17H,13-14,16H2,1-3H3,(H,26,32)(H,28,31). The quantitative estimate of drug-likeness (QED) is 0.564. The van der Waals surface area contributed by atoms with Gasteiger partial charge in [0.1, 0.15) is 5.82 Å². The largest absolute Gasteiger partial charge is 0.349 e. The van der Waals surface area contributed by atoms with Gasteiger partial charge in [0.2, 0.25) is 5.91 Å². The van der Waals surface area contributed by atoms with Crippen LogP contribution < -0.4 is 10.6 Å². The number of nitrogens with zero attached hydrogens (tertiary/aromatic N) is 3. The van der Waals surface area contributed by atoms with Gasteiger partial charge in [-0.3, -0.25) is 4.79 Å². The van der Waals surface area contributed by atoms with E-state index in [1.54, 1.807) is 35.0 Å². The highest BCUT2D eigenvalue weighted by atomic mass is 19.1. The van der Waals surface area contributed by atoms with Gasteiger partial charge in [0.05, 0.1) is 17.9 Å². The van der Waals surface area contributed by atoms with E-state index in [9.17, 15) is 14.0 Å². The molecule has 0 aliphatic carbocycles. The first-order chi connectivity index (χ1) is 15.3. The maximum Gasteiger partial charge on any atom is 0.317 e. The zero-order valence-corrected chi connectivity index (χ0v) is 18.5. The molecule has 0 aliphatic rings. The monoisotopic (exact) mass is 437 g/mol. The van der Waals surface area contributed by atoms with Crippen molar-refractivity contribution in [3.8, 4) is 5.69 Å². The minimum Gasteiger partial charge on any atom is -0.349 e. The molecule has 0 aliphatic heterocycles. The van der Waals surface area contributed by atoms with Gasteiger partial charge in [-0.05, 0) is 43.7 Å². The molecular formula is C24H28FN5O2. The Bertz CT molecular complexity index is 1050. The molecule has 0 saturated carbocycles. The number of hydrogen-bond donors (Lipinski definition) is 2. The average molecular weight is 438 g/mol. The molecule has 0 fully saturated rings. The average Bonchev–Trinajstić information content (AvgIpc) is 3.16. The molecule has 1 atom stereocenters. The van der Waals surface area contributed by atoms with E-state index in [4.69, 9.17) is 0 Å². The highest BCUT2D eigenvalue weighted by molar-refractivity contribution is 5.78. The smallest absolute Gasteiger partial charge is 0.317 e. The number of amides is 3. The Morgan fingerprint density at radius 1 is 1.12 bits per heavy atom. The third kappa shape index (κ3) is 5.94. The normalized spacial score (nSPS) is 11.6. The first-order valence-electron chi connectivity index (χ1n) is 10.5. The molecule has 0 bridgehead atoms. The third-order valence-corrected chi connectivity index (χ3v) is 5.20. The fraction of sp³-hybridized carbons (Fsp3) is 0.292. The molecule has 168 valence electrons. The molecule has 1 aromatic heterocycles. The minimum atomic E-state index is -0.308. The van der Waals surface area contributed by atoms with Crippen LogP contribution in [0.3, 0.4) is 0 Å². The molecule has 0 spiro atoms. The van der Waals surface area contributed by atoms with Gasteiger partial charge in [-0.25, -0.2) is 13.9 Å². The van der Waals surface area contributed by atoms with Gasteiger partial charge in [-0.2, -0.15) is 5.10 Å². The number of benzene rings is 2. The van der Waals surface area contributed by atoms with E-state index in [0.29, 0.717) is 6.54 Å². The number of rotatable bonds is 8. The molecule has 0 radical (unpaired) electrons. The van der Waals surface area contributed by atoms with E-state index in [1.165, 1.54) is 12.1 Å². The van der Waals surface area contributed by atoms with Crippen LogP contribution in [0.25, 0.3) is 5.69 Å². The van der Waals surface area contributed by atoms with E-state index in [0.717, 1.165) is 22.5 Å². The highest BCUT2D eigenvalue weighted by Gasteiger charge is 2.17. The SMILES string of the molecule is Cc1c(C(C)NC(=O)CCNC(=O)N(C)Cc2ccccc2)cnn1-c1ccc(F)cc1. The van der Waals surface area contributed by atoms with Crippen molar-refractivity contribution in [3.05, 3.63) is 83.4 Å². The molecule has 1 unspecified atom stereocenters. The summed E-state index contributed by atoms with van der Waals surface area (Å²) in [6, 6.07) is 15.3. The zero-order valence-electron chi connectivity index (χ0n) is 18.5. The van der Waals surface area contributed by atoms with Crippen LogP contribution >= 0.6 is 0 Å². The molecule has 1 heterocycles. The van der Waals surface area contributed by atoms with Crippen LogP contribution in [0.1, 0.15) is 36.2 Å². The Morgan fingerprint density at radius 3 is 2.50 bits per heavy atom. The second-order valence-electron chi connectivity index (χ2n) is 7.69. The van der Waals surface area contributed by atoms with Gasteiger partial charge in [-0.15, -0.1) is 0 Å². The van der Waals surface area contributed by atoms with E-state index in [-0.39, 0.29) is 36.8 Å². The summed E-state index contributed by atoms with van der Waals surface area (Å²) in [6.45, 7) is 4.51. The zero-order chi connectivity index (χ0) is 23.1. The summed E-state index contributed by atoms with van der Waals surface area (Å²) in [6.07, 6.45) is 1.87. The van der Waals surface area contributed by atoms with E-state index in [1.807, 2.05) is 44.2 Å². The first-order valence-corrected chi connectivity index (χ1v) is 10.5. The summed E-state index contributed by atoms with van der Waals surface area (Å²) in [4.78, 5) is 26.1. The number of hydrogen-bond acceptors (Lipinski definition) is 3. The van der Waals surface area contributed by atoms with Crippen LogP contribution in [-0.4, -0.2) is 40.2 Å². The fourth-order valence-electron chi connectivity index (χ4n) is 3.43. The minimum absolute atomic E-state index is 0.167. The number of carbonyl (C=O) groups is 2. The summed E-state index contributed by atoms with van der Waals surface area (Å²) in [7, 11) is 1.71. The van der Waals surface area contributed by atoms with Crippen LogP contribution in [0.15, 0.2) is 60.8 Å². The van der Waals surface area contributed by atoms with Crippen molar-refractivity contribution >= 4 is 11.9 Å². The topological polar surface area (TPSA) is 79.3 Å². The number of nitrogens with one attached hydrogen (secondary N) is 2. The predicted molar refractivity (Wildman–Crippen MR) is 121 cm³/mol. The lowest BCUT2D eigenvalue weighted by Gasteiger charge is -2.18. The van der Waals surface area contributed by atoms with Crippen molar-refractivity contribution in [1.82, 2.24) is 25.3 Å². The second-order valence-corrected chi connectivity index (χ2v) is 7.69. The second kappa shape index (κ2) is 10.6. The summed E-state index contributed by atoms with van der Waals surface area (Å²) in [5.41, 5.74) is 3.51. The summed E-state index contributed by atoms with van der Waals surface area (Å²) < 4.78 is 14.9. The van der Waals surface area contributed by atoms with Crippen molar-refractivity contribution in [2.45, 2.75) is 32.9 Å². The number of aromatic nitrogens is 2. The van der Waals surface area contributed by atoms with Crippen molar-refractivity contribution in [1.29, 1.82) is 0 Å². The summed E-state index contributed by atoms with van der Waals surface area (Å²) >= 11 is 0. The van der Waals surface area contributed by atoms with Gasteiger partial charge in [-0.1, -0.05) is 30.3 Å². The van der Waals surface area contributed by atoms with Gasteiger partial charge >= 0.3 is 6.03 Å². The van der Waals surface area contributed by atoms with Crippen LogP contribution in [0.5, 0.6) is 0 Å². The van der Waals surface area contributed by atoms with Crippen LogP contribution in [0.2, 0.25) is 0 Å². The molecule has 3 aromatic rings. The first kappa shape index (κ1) is 23.0. The number of carbonyl (C=O) groups excluding carboxylic acids is 2. The van der Waals surface area contributed by atoms with Crippen LogP contribution in [-0.2, 0) is 11.3 Å². The number of urea groups is 1. The van der Waals surface area contributed by atoms with Crippen molar-refractivity contribution in [2.24, 2.45) is 0 Å².